The summed E-state index contributed by atoms with van der Waals surface area (Å²) in [6, 6.07) is 2.70. The van der Waals surface area contributed by atoms with E-state index in [-0.39, 0.29) is 15.7 Å². The van der Waals surface area contributed by atoms with Gasteiger partial charge >= 0.3 is 0 Å². The Balaban J connectivity index is 2.23. The zero-order valence-electron chi connectivity index (χ0n) is 11.3. The highest BCUT2D eigenvalue weighted by Crippen LogP contribution is 2.28. The number of rotatable bonds is 6. The summed E-state index contributed by atoms with van der Waals surface area (Å²) in [6.45, 7) is 2.68. The van der Waals surface area contributed by atoms with Crippen LogP contribution in [0.15, 0.2) is 21.7 Å². The molecule has 0 spiro atoms. The van der Waals surface area contributed by atoms with Gasteiger partial charge in [-0.15, -0.1) is 11.3 Å². The fraction of sp³-hybridized carbons (Fsp3) is 0.667. The summed E-state index contributed by atoms with van der Waals surface area (Å²) in [7, 11) is -6.87. The predicted octanol–water partition coefficient (Wildman–Crippen LogP) is 1.08. The van der Waals surface area contributed by atoms with Gasteiger partial charge in [0.05, 0.1) is 16.8 Å². The second-order valence-electron chi connectivity index (χ2n) is 5.01. The van der Waals surface area contributed by atoms with Gasteiger partial charge in [0.2, 0.25) is 0 Å². The van der Waals surface area contributed by atoms with Crippen LogP contribution in [0.25, 0.3) is 0 Å². The Morgan fingerprint density at radius 3 is 2.75 bits per heavy atom. The van der Waals surface area contributed by atoms with E-state index in [0.717, 1.165) is 24.2 Å². The van der Waals surface area contributed by atoms with Gasteiger partial charge in [-0.1, -0.05) is 19.4 Å². The third kappa shape index (κ3) is 3.41. The molecular formula is C12H19NO4S3. The van der Waals surface area contributed by atoms with Gasteiger partial charge in [0.1, 0.15) is 4.21 Å². The monoisotopic (exact) mass is 337 g/mol. The van der Waals surface area contributed by atoms with E-state index in [0.29, 0.717) is 6.54 Å². The summed E-state index contributed by atoms with van der Waals surface area (Å²) in [5.41, 5.74) is 0. The van der Waals surface area contributed by atoms with Crippen LogP contribution in [-0.2, 0) is 19.7 Å². The maximum Gasteiger partial charge on any atom is 0.193 e. The molecule has 114 valence electrons. The molecule has 1 saturated heterocycles. The Bertz CT molecular complexity index is 634. The van der Waals surface area contributed by atoms with Gasteiger partial charge in [-0.05, 0) is 24.4 Å². The number of unbranched alkanes of at least 4 members (excludes halogenated alkanes) is 1. The van der Waals surface area contributed by atoms with E-state index in [2.05, 4.69) is 5.32 Å². The van der Waals surface area contributed by atoms with Gasteiger partial charge in [0.15, 0.2) is 19.7 Å². The van der Waals surface area contributed by atoms with Crippen LogP contribution >= 0.6 is 11.3 Å². The number of nitrogens with one attached hydrogen (secondary N) is 1. The quantitative estimate of drug-likeness (QED) is 0.786. The third-order valence-electron chi connectivity index (χ3n) is 3.41. The molecule has 1 aromatic rings. The van der Waals surface area contributed by atoms with Crippen LogP contribution in [0.4, 0.5) is 0 Å². The van der Waals surface area contributed by atoms with E-state index < -0.39 is 31.0 Å². The molecule has 0 aromatic carbocycles. The van der Waals surface area contributed by atoms with E-state index in [9.17, 15) is 16.8 Å². The van der Waals surface area contributed by atoms with Crippen LogP contribution in [0, 0.1) is 0 Å². The lowest BCUT2D eigenvalue weighted by molar-refractivity contribution is 0.519. The van der Waals surface area contributed by atoms with Crippen LogP contribution < -0.4 is 5.32 Å². The summed E-state index contributed by atoms with van der Waals surface area (Å²) in [4.78, 5) is 0. The molecule has 1 aliphatic heterocycles. The first kappa shape index (κ1) is 15.9. The lowest BCUT2D eigenvalue weighted by Gasteiger charge is -2.19. The number of sulfone groups is 2. The lowest BCUT2D eigenvalue weighted by Crippen LogP contribution is -2.43. The highest BCUT2D eigenvalue weighted by atomic mass is 32.2. The Morgan fingerprint density at radius 2 is 2.15 bits per heavy atom. The van der Waals surface area contributed by atoms with Crippen molar-refractivity contribution in [2.24, 2.45) is 0 Å². The minimum Gasteiger partial charge on any atom is -0.312 e. The average molecular weight is 337 g/mol. The molecule has 0 aliphatic carbocycles. The lowest BCUT2D eigenvalue weighted by atomic mass is 10.2. The highest BCUT2D eigenvalue weighted by Gasteiger charge is 2.45. The minimum atomic E-state index is -3.58. The maximum absolute atomic E-state index is 12.5. The summed E-state index contributed by atoms with van der Waals surface area (Å²) in [6.07, 6.45) is 1.89. The van der Waals surface area contributed by atoms with Gasteiger partial charge in [-0.25, -0.2) is 16.8 Å². The standard InChI is InChI=1S/C12H19NO4S3/c1-2-3-6-13-10-8-19(14,15)9-11(10)20(16,17)12-5-4-7-18-12/h4-5,7,10-11,13H,2-3,6,8-9H2,1H3/t10-,11-/m0/s1. The average Bonchev–Trinajstić information content (AvgIpc) is 2.97. The van der Waals surface area contributed by atoms with Crippen LogP contribution in [0.2, 0.25) is 0 Å². The molecule has 2 heterocycles. The fourth-order valence-electron chi connectivity index (χ4n) is 2.35. The van der Waals surface area contributed by atoms with Crippen molar-refractivity contribution >= 4 is 31.0 Å². The second kappa shape index (κ2) is 6.13. The Morgan fingerprint density at radius 1 is 1.40 bits per heavy atom. The highest BCUT2D eigenvalue weighted by molar-refractivity contribution is 7.97. The van der Waals surface area contributed by atoms with Gasteiger partial charge < -0.3 is 5.32 Å². The van der Waals surface area contributed by atoms with Crippen molar-refractivity contribution in [2.45, 2.75) is 35.3 Å². The number of thiophene rings is 1. The SMILES string of the molecule is CCCCN[C@H]1CS(=O)(=O)C[C@@H]1S(=O)(=O)c1cccs1. The van der Waals surface area contributed by atoms with Crippen molar-refractivity contribution in [1.82, 2.24) is 5.32 Å². The minimum absolute atomic E-state index is 0.0913. The molecular weight excluding hydrogens is 318 g/mol. The molecule has 1 aliphatic rings. The Labute approximate surface area is 124 Å². The van der Waals surface area contributed by atoms with E-state index in [1.165, 1.54) is 6.07 Å². The van der Waals surface area contributed by atoms with E-state index in [1.807, 2.05) is 6.92 Å². The van der Waals surface area contributed by atoms with Gasteiger partial charge in [0.25, 0.3) is 0 Å². The molecule has 5 nitrogen and oxygen atoms in total. The smallest absolute Gasteiger partial charge is 0.193 e. The van der Waals surface area contributed by atoms with Crippen molar-refractivity contribution in [2.75, 3.05) is 18.1 Å². The molecule has 0 unspecified atom stereocenters. The van der Waals surface area contributed by atoms with Crippen molar-refractivity contribution < 1.29 is 16.8 Å². The Hall–Kier alpha value is -0.440. The summed E-state index contributed by atoms with van der Waals surface area (Å²) >= 11 is 1.14. The van der Waals surface area contributed by atoms with Crippen molar-refractivity contribution in [3.05, 3.63) is 17.5 Å². The molecule has 0 amide bonds. The van der Waals surface area contributed by atoms with E-state index >= 15 is 0 Å². The van der Waals surface area contributed by atoms with Crippen molar-refractivity contribution in [1.29, 1.82) is 0 Å². The van der Waals surface area contributed by atoms with Crippen LogP contribution in [0.5, 0.6) is 0 Å². The first-order valence-corrected chi connectivity index (χ1v) is 10.8. The molecule has 1 aromatic heterocycles. The van der Waals surface area contributed by atoms with Gasteiger partial charge in [0, 0.05) is 6.04 Å². The summed E-state index contributed by atoms with van der Waals surface area (Å²) in [5.74, 6) is -0.372. The van der Waals surface area contributed by atoms with Crippen molar-refractivity contribution in [3.63, 3.8) is 0 Å². The molecule has 1 fully saturated rings. The fourth-order valence-corrected chi connectivity index (χ4v) is 8.29. The topological polar surface area (TPSA) is 80.3 Å². The molecule has 0 bridgehead atoms. The molecule has 2 rings (SSSR count). The van der Waals surface area contributed by atoms with Crippen LogP contribution in [0.3, 0.4) is 0 Å². The molecule has 2 atom stereocenters. The third-order valence-corrected chi connectivity index (χ3v) is 8.99. The first-order chi connectivity index (χ1) is 9.37. The normalized spacial score (nSPS) is 25.9. The summed E-state index contributed by atoms with van der Waals surface area (Å²) < 4.78 is 48.9. The van der Waals surface area contributed by atoms with E-state index in [4.69, 9.17) is 0 Å². The molecule has 1 N–H and O–H groups in total. The maximum atomic E-state index is 12.5. The van der Waals surface area contributed by atoms with Crippen molar-refractivity contribution in [3.8, 4) is 0 Å². The zero-order chi connectivity index (χ0) is 14.8. The number of hydrogen-bond acceptors (Lipinski definition) is 6. The number of hydrogen-bond donors (Lipinski definition) is 1. The molecule has 8 heteroatoms. The van der Waals surface area contributed by atoms with Gasteiger partial charge in [-0.3, -0.25) is 0 Å². The Kier molecular flexibility index (Phi) is 4.88. The van der Waals surface area contributed by atoms with Crippen LogP contribution in [-0.4, -0.2) is 46.2 Å². The van der Waals surface area contributed by atoms with Crippen LogP contribution in [0.1, 0.15) is 19.8 Å². The predicted molar refractivity (Wildman–Crippen MR) is 80.6 cm³/mol. The zero-order valence-corrected chi connectivity index (χ0v) is 13.7. The molecule has 0 saturated carbocycles. The molecule has 20 heavy (non-hydrogen) atoms. The molecule has 0 radical (unpaired) electrons. The second-order valence-corrected chi connectivity index (χ2v) is 10.5. The largest absolute Gasteiger partial charge is 0.312 e. The van der Waals surface area contributed by atoms with E-state index in [1.54, 1.807) is 11.4 Å². The first-order valence-electron chi connectivity index (χ1n) is 6.58. The van der Waals surface area contributed by atoms with Gasteiger partial charge in [-0.2, -0.15) is 0 Å². The summed E-state index contributed by atoms with van der Waals surface area (Å²) in [5, 5.41) is 3.92.